The molecule has 1 fully saturated rings. The summed E-state index contributed by atoms with van der Waals surface area (Å²) in [6, 6.07) is 60.0. The van der Waals surface area contributed by atoms with Gasteiger partial charge in [-0.3, -0.25) is 0 Å². The second-order valence-corrected chi connectivity index (χ2v) is 17.5. The predicted molar refractivity (Wildman–Crippen MR) is 200 cm³/mol. The molecule has 0 amide bonds. The fourth-order valence-corrected chi connectivity index (χ4v) is 14.5. The van der Waals surface area contributed by atoms with Crippen LogP contribution in [0.15, 0.2) is 152 Å². The van der Waals surface area contributed by atoms with E-state index in [1.165, 1.54) is 96.2 Å². The van der Waals surface area contributed by atoms with Gasteiger partial charge in [0.2, 0.25) is 0 Å². The highest BCUT2D eigenvalue weighted by molar-refractivity contribution is 7.05. The van der Waals surface area contributed by atoms with E-state index in [0.717, 1.165) is 0 Å². The lowest BCUT2D eigenvalue weighted by Gasteiger charge is -2.43. The number of fused-ring (bicyclic) bond motifs is 10. The zero-order chi connectivity index (χ0) is 30.2. The second-order valence-electron chi connectivity index (χ2n) is 13.2. The average Bonchev–Trinajstić information content (AvgIpc) is 3.62. The predicted octanol–water partition coefficient (Wildman–Crippen LogP) is 11.1. The Labute approximate surface area is 270 Å². The monoisotopic (exact) mass is 603 g/mol. The average molecular weight is 604 g/mol. The lowest BCUT2D eigenvalue weighted by Crippen LogP contribution is -2.60. The first-order valence-corrected chi connectivity index (χ1v) is 19.1. The summed E-state index contributed by atoms with van der Waals surface area (Å²) in [5, 5.41) is 13.6. The molecule has 0 aliphatic carbocycles. The number of para-hydroxylation sites is 2. The Morgan fingerprint density at radius 2 is 0.978 bits per heavy atom. The molecule has 8 aromatic carbocycles. The van der Waals surface area contributed by atoms with Gasteiger partial charge in [0.1, 0.15) is 8.07 Å². The summed E-state index contributed by atoms with van der Waals surface area (Å²) in [6.07, 6.45) is 2.69. The van der Waals surface area contributed by atoms with E-state index in [2.05, 4.69) is 157 Å². The maximum Gasteiger partial charge on any atom is 0.123 e. The van der Waals surface area contributed by atoms with Crippen molar-refractivity contribution in [1.82, 2.24) is 0 Å². The minimum Gasteiger partial charge on any atom is -0.310 e. The Hall–Kier alpha value is -5.18. The Kier molecular flexibility index (Phi) is 5.62. The molecule has 0 saturated carbocycles. The molecule has 1 nitrogen and oxygen atoms in total. The van der Waals surface area contributed by atoms with Gasteiger partial charge in [-0.2, -0.15) is 0 Å². The third-order valence-corrected chi connectivity index (χ3v) is 16.2. The summed E-state index contributed by atoms with van der Waals surface area (Å²) < 4.78 is 0. The molecule has 0 radical (unpaired) electrons. The molecule has 0 atom stereocenters. The van der Waals surface area contributed by atoms with Gasteiger partial charge in [0.05, 0.1) is 5.69 Å². The molecule has 2 aliphatic heterocycles. The molecule has 0 unspecified atom stereocenters. The van der Waals surface area contributed by atoms with Gasteiger partial charge in [0, 0.05) is 16.8 Å². The van der Waals surface area contributed by atoms with E-state index in [1.54, 1.807) is 10.4 Å². The number of hydrogen-bond donors (Lipinski definition) is 0. The van der Waals surface area contributed by atoms with E-state index in [9.17, 15) is 0 Å². The standard InChI is InChI=1S/C44H33NSi/c1-2-14-31-27-32(24-23-30(31)13-1)38-28-33-29-41(35-16-4-6-18-37(35)44(33)36-17-5-3-15-34(36)38)45-39-19-7-9-21-42(39)46(25-11-12-26-46)43-22-10-8-20-40(43)45/h1-10,13-24,27-29H,11-12,25-26H2. The lowest BCUT2D eigenvalue weighted by atomic mass is 9.89. The summed E-state index contributed by atoms with van der Waals surface area (Å²) in [6.45, 7) is 0. The highest BCUT2D eigenvalue weighted by atomic mass is 28.3. The third kappa shape index (κ3) is 3.62. The largest absolute Gasteiger partial charge is 0.310 e. The van der Waals surface area contributed by atoms with E-state index >= 15 is 0 Å². The first-order valence-electron chi connectivity index (χ1n) is 16.7. The first-order chi connectivity index (χ1) is 22.8. The van der Waals surface area contributed by atoms with Crippen molar-refractivity contribution in [3.8, 4) is 11.1 Å². The van der Waals surface area contributed by atoms with E-state index in [-0.39, 0.29) is 0 Å². The lowest BCUT2D eigenvalue weighted by molar-refractivity contribution is 0.935. The zero-order valence-electron chi connectivity index (χ0n) is 25.7. The molecule has 2 aliphatic rings. The SMILES string of the molecule is c1ccc2c(c1)N(c1cc3cc(-c4ccc5ccccc5c4)c4ccccc4c3c3ccccc13)c1ccccc1[Si]21CCCC1. The minimum absolute atomic E-state index is 1.26. The fourth-order valence-electron chi connectivity index (χ4n) is 8.94. The highest BCUT2D eigenvalue weighted by Gasteiger charge is 2.47. The van der Waals surface area contributed by atoms with Gasteiger partial charge in [-0.25, -0.2) is 0 Å². The quantitative estimate of drug-likeness (QED) is 0.140. The first kappa shape index (κ1) is 26.1. The van der Waals surface area contributed by atoms with Crippen LogP contribution in [0.5, 0.6) is 0 Å². The van der Waals surface area contributed by atoms with Gasteiger partial charge in [0.25, 0.3) is 0 Å². The summed E-state index contributed by atoms with van der Waals surface area (Å²) >= 11 is 0. The van der Waals surface area contributed by atoms with Crippen LogP contribution in [0.2, 0.25) is 12.1 Å². The van der Waals surface area contributed by atoms with Crippen molar-refractivity contribution in [3.63, 3.8) is 0 Å². The van der Waals surface area contributed by atoms with Crippen molar-refractivity contribution in [1.29, 1.82) is 0 Å². The van der Waals surface area contributed by atoms with Crippen molar-refractivity contribution in [3.05, 3.63) is 152 Å². The van der Waals surface area contributed by atoms with Gasteiger partial charge in [0.15, 0.2) is 0 Å². The smallest absolute Gasteiger partial charge is 0.123 e. The van der Waals surface area contributed by atoms with Crippen molar-refractivity contribution in [2.75, 3.05) is 4.90 Å². The number of rotatable bonds is 2. The Morgan fingerprint density at radius 3 is 1.70 bits per heavy atom. The molecule has 10 rings (SSSR count). The van der Waals surface area contributed by atoms with Crippen molar-refractivity contribution < 1.29 is 0 Å². The van der Waals surface area contributed by atoms with Gasteiger partial charge in [-0.15, -0.1) is 0 Å². The van der Waals surface area contributed by atoms with E-state index < -0.39 is 8.07 Å². The van der Waals surface area contributed by atoms with Crippen LogP contribution in [0.25, 0.3) is 54.2 Å². The molecule has 0 N–H and O–H groups in total. The summed E-state index contributed by atoms with van der Waals surface area (Å²) in [7, 11) is -1.81. The summed E-state index contributed by atoms with van der Waals surface area (Å²) in [4.78, 5) is 2.61. The fraction of sp³-hybridized carbons (Fsp3) is 0.0909. The van der Waals surface area contributed by atoms with E-state index in [0.29, 0.717) is 0 Å². The maximum atomic E-state index is 2.61. The van der Waals surface area contributed by atoms with Crippen molar-refractivity contribution in [2.45, 2.75) is 24.9 Å². The molecule has 1 saturated heterocycles. The molecule has 2 heteroatoms. The maximum absolute atomic E-state index is 2.61. The Bertz CT molecular complexity index is 2450. The topological polar surface area (TPSA) is 3.24 Å². The van der Waals surface area contributed by atoms with Gasteiger partial charge < -0.3 is 4.90 Å². The normalized spacial score (nSPS) is 15.2. The van der Waals surface area contributed by atoms with Crippen LogP contribution in [0.4, 0.5) is 17.1 Å². The molecule has 0 bridgehead atoms. The van der Waals surface area contributed by atoms with Crippen molar-refractivity contribution >= 4 is 78.6 Å². The van der Waals surface area contributed by atoms with E-state index in [1.807, 2.05) is 0 Å². The van der Waals surface area contributed by atoms with Crippen LogP contribution in [0.3, 0.4) is 0 Å². The van der Waals surface area contributed by atoms with Gasteiger partial charge in [-0.05, 0) is 102 Å². The Balaban J connectivity index is 1.30. The molecular formula is C44H33NSi. The molecule has 2 heterocycles. The molecule has 46 heavy (non-hydrogen) atoms. The van der Waals surface area contributed by atoms with Crippen LogP contribution in [-0.2, 0) is 0 Å². The molecule has 218 valence electrons. The summed E-state index contributed by atoms with van der Waals surface area (Å²) in [5.41, 5.74) is 6.58. The molecule has 0 aromatic heterocycles. The second kappa shape index (κ2) is 9.91. The van der Waals surface area contributed by atoms with Crippen molar-refractivity contribution in [2.24, 2.45) is 0 Å². The highest BCUT2D eigenvalue weighted by Crippen LogP contribution is 2.48. The van der Waals surface area contributed by atoms with Crippen LogP contribution in [0.1, 0.15) is 12.8 Å². The molecular weight excluding hydrogens is 571 g/mol. The van der Waals surface area contributed by atoms with Gasteiger partial charge >= 0.3 is 0 Å². The third-order valence-electron chi connectivity index (χ3n) is 10.9. The minimum atomic E-state index is -1.81. The van der Waals surface area contributed by atoms with Crippen LogP contribution >= 0.6 is 0 Å². The molecule has 8 aromatic rings. The number of anilines is 3. The van der Waals surface area contributed by atoms with Gasteiger partial charge in [-0.1, -0.05) is 134 Å². The van der Waals surface area contributed by atoms with Crippen LogP contribution in [0, 0.1) is 0 Å². The Morgan fingerprint density at radius 1 is 0.413 bits per heavy atom. The number of benzene rings is 8. The van der Waals surface area contributed by atoms with E-state index in [4.69, 9.17) is 0 Å². The number of nitrogens with zero attached hydrogens (tertiary/aromatic N) is 1. The molecule has 1 spiro atoms. The zero-order valence-corrected chi connectivity index (χ0v) is 26.7. The number of hydrogen-bond acceptors (Lipinski definition) is 1. The van der Waals surface area contributed by atoms with Crippen LogP contribution in [-0.4, -0.2) is 8.07 Å². The summed E-state index contributed by atoms with van der Waals surface area (Å²) in [5.74, 6) is 0. The van der Waals surface area contributed by atoms with Crippen LogP contribution < -0.4 is 15.3 Å².